The molecule has 0 rings (SSSR count). The minimum Gasteiger partial charge on any atom is -0.356 e. The van der Waals surface area contributed by atoms with Crippen molar-refractivity contribution in [3.63, 3.8) is 0 Å². The second-order valence-electron chi connectivity index (χ2n) is 0.585. The molecule has 0 aliphatic heterocycles. The lowest BCUT2D eigenvalue weighted by atomic mass is 10.4. The predicted molar refractivity (Wildman–Crippen MR) is 22.6 cm³/mol. The van der Waals surface area contributed by atoms with Crippen molar-refractivity contribution in [2.45, 2.75) is 0 Å². The first-order valence-corrected chi connectivity index (χ1v) is 1.28. The fourth-order valence-corrected chi connectivity index (χ4v) is 0.0589. The highest BCUT2D eigenvalue weighted by molar-refractivity contribution is 6.04. The molecule has 2 radical (unpaired) electrons. The van der Waals surface area contributed by atoms with Gasteiger partial charge in [0.15, 0.2) is 7.98 Å². The minimum absolute atomic E-state index is 0.444. The molecule has 0 aromatic heterocycles. The molecule has 0 aliphatic rings. The molecule has 0 aromatic rings. The van der Waals surface area contributed by atoms with Crippen LogP contribution in [0.2, 0.25) is 0 Å². The highest BCUT2D eigenvalue weighted by atomic mass is 14.7. The maximum atomic E-state index is 4.75. The van der Waals surface area contributed by atoms with Crippen molar-refractivity contribution in [1.29, 1.82) is 0 Å². The highest BCUT2D eigenvalue weighted by Gasteiger charge is 1.57. The van der Waals surface area contributed by atoms with E-state index < -0.39 is 0 Å². The highest BCUT2D eigenvalue weighted by Crippen LogP contribution is 1.36. The van der Waals surface area contributed by atoms with Gasteiger partial charge in [-0.2, -0.15) is 0 Å². The Morgan fingerprint density at radius 2 is 2.60 bits per heavy atom. The molecule has 1 N–H and O–H groups in total. The summed E-state index contributed by atoms with van der Waals surface area (Å²) < 4.78 is 0. The van der Waals surface area contributed by atoms with Crippen LogP contribution in [-0.4, -0.2) is 14.5 Å². The first-order valence-electron chi connectivity index (χ1n) is 1.28. The molecule has 0 heterocycles. The molecule has 0 spiro atoms. The third-order valence-electron chi connectivity index (χ3n) is 0.204. The zero-order valence-corrected chi connectivity index (χ0v) is 2.86. The maximum Gasteiger partial charge on any atom is 0.179 e. The lowest BCUT2D eigenvalue weighted by Crippen LogP contribution is -2.06. The van der Waals surface area contributed by atoms with E-state index in [1.54, 1.807) is 0 Å². The molecule has 0 unspecified atom stereocenters. The summed E-state index contributed by atoms with van der Waals surface area (Å²) in [7, 11) is 4.75. The summed E-state index contributed by atoms with van der Waals surface area (Å²) >= 11 is 0. The van der Waals surface area contributed by atoms with Crippen molar-refractivity contribution in [1.82, 2.24) is 5.23 Å². The van der Waals surface area contributed by atoms with Gasteiger partial charge in [-0.1, -0.05) is 5.92 Å². The Hall–Kier alpha value is -0.415. The first-order chi connectivity index (χ1) is 2.41. The topological polar surface area (TPSA) is 12.0 Å². The van der Waals surface area contributed by atoms with Crippen LogP contribution in [0.1, 0.15) is 0 Å². The number of terminal acetylenes is 1. The molecule has 0 fully saturated rings. The van der Waals surface area contributed by atoms with E-state index >= 15 is 0 Å². The van der Waals surface area contributed by atoms with Crippen LogP contribution in [0, 0.1) is 12.3 Å². The summed E-state index contributed by atoms with van der Waals surface area (Å²) in [5.74, 6) is 2.28. The summed E-state index contributed by atoms with van der Waals surface area (Å²) in [6.45, 7) is 0.444. The van der Waals surface area contributed by atoms with Gasteiger partial charge in [0.2, 0.25) is 0 Å². The smallest absolute Gasteiger partial charge is 0.179 e. The van der Waals surface area contributed by atoms with Gasteiger partial charge in [-0.15, -0.1) is 6.42 Å². The van der Waals surface area contributed by atoms with E-state index in [0.29, 0.717) is 6.54 Å². The van der Waals surface area contributed by atoms with Crippen molar-refractivity contribution in [2.24, 2.45) is 0 Å². The van der Waals surface area contributed by atoms with Crippen LogP contribution >= 0.6 is 0 Å². The van der Waals surface area contributed by atoms with E-state index in [9.17, 15) is 0 Å². The van der Waals surface area contributed by atoms with Crippen molar-refractivity contribution < 1.29 is 0 Å². The molecule has 0 saturated carbocycles. The van der Waals surface area contributed by atoms with Crippen LogP contribution in [0.4, 0.5) is 0 Å². The summed E-state index contributed by atoms with van der Waals surface area (Å²) in [5.41, 5.74) is 0. The summed E-state index contributed by atoms with van der Waals surface area (Å²) in [6, 6.07) is 0. The third kappa shape index (κ3) is 3.58. The molecule has 2 heteroatoms. The molecule has 0 bridgehead atoms. The molecule has 0 amide bonds. The van der Waals surface area contributed by atoms with Gasteiger partial charge in [-0.25, -0.2) is 0 Å². The van der Waals surface area contributed by atoms with Gasteiger partial charge >= 0.3 is 0 Å². The average molecular weight is 64.9 g/mol. The van der Waals surface area contributed by atoms with Gasteiger partial charge in [-0.3, -0.25) is 0 Å². The minimum atomic E-state index is 0.444. The van der Waals surface area contributed by atoms with E-state index in [1.807, 2.05) is 0 Å². The molecule has 0 aliphatic carbocycles. The summed E-state index contributed by atoms with van der Waals surface area (Å²) in [4.78, 5) is 0. The number of hydrogen-bond acceptors (Lipinski definition) is 1. The Labute approximate surface area is 33.2 Å². The number of rotatable bonds is 1. The zero-order valence-electron chi connectivity index (χ0n) is 2.86. The van der Waals surface area contributed by atoms with E-state index in [4.69, 9.17) is 14.4 Å². The Bertz CT molecular complexity index is 45.3. The average Bonchev–Trinajstić information content (AvgIpc) is 1.41. The second kappa shape index (κ2) is 3.58. The summed E-state index contributed by atoms with van der Waals surface area (Å²) in [6.07, 6.45) is 4.75. The molecule has 5 heavy (non-hydrogen) atoms. The normalized spacial score (nSPS) is 6.20. The fraction of sp³-hybridized carbons (Fsp3) is 0.333. The largest absolute Gasteiger partial charge is 0.356 e. The quantitative estimate of drug-likeness (QED) is 0.314. The molecule has 0 aromatic carbocycles. The third-order valence-corrected chi connectivity index (χ3v) is 0.204. The Morgan fingerprint density at radius 3 is 2.60 bits per heavy atom. The standard InChI is InChI=1S/C3H4BN/c1-2-3-5-4/h1,5H,3H2. The fourth-order valence-electron chi connectivity index (χ4n) is 0.0589. The van der Waals surface area contributed by atoms with Crippen LogP contribution in [0.15, 0.2) is 0 Å². The van der Waals surface area contributed by atoms with Gasteiger partial charge in [0.05, 0.1) is 0 Å². The van der Waals surface area contributed by atoms with Gasteiger partial charge in [0, 0.05) is 6.54 Å². The molecular formula is C3H4BN. The van der Waals surface area contributed by atoms with Crippen LogP contribution in [0.5, 0.6) is 0 Å². The van der Waals surface area contributed by atoms with E-state index in [1.165, 1.54) is 0 Å². The molecule has 0 atom stereocenters. The van der Waals surface area contributed by atoms with Gasteiger partial charge in [0.25, 0.3) is 0 Å². The number of nitrogens with one attached hydrogen (secondary N) is 1. The van der Waals surface area contributed by atoms with Crippen molar-refractivity contribution in [2.75, 3.05) is 6.54 Å². The first kappa shape index (κ1) is 4.58. The Morgan fingerprint density at radius 1 is 2.00 bits per heavy atom. The van der Waals surface area contributed by atoms with Crippen LogP contribution in [0.3, 0.4) is 0 Å². The molecule has 1 nitrogen and oxygen atoms in total. The predicted octanol–water partition coefficient (Wildman–Crippen LogP) is -0.707. The van der Waals surface area contributed by atoms with Crippen LogP contribution in [-0.2, 0) is 0 Å². The Balaban J connectivity index is 2.48. The second-order valence-corrected chi connectivity index (χ2v) is 0.585. The van der Waals surface area contributed by atoms with Gasteiger partial charge in [0.1, 0.15) is 0 Å². The maximum absolute atomic E-state index is 4.75. The van der Waals surface area contributed by atoms with E-state index in [-0.39, 0.29) is 0 Å². The van der Waals surface area contributed by atoms with Crippen LogP contribution in [0.25, 0.3) is 0 Å². The van der Waals surface area contributed by atoms with Crippen molar-refractivity contribution >= 4 is 7.98 Å². The van der Waals surface area contributed by atoms with Crippen molar-refractivity contribution in [3.8, 4) is 12.3 Å². The summed E-state index contributed by atoms with van der Waals surface area (Å²) in [5, 5.41) is 2.28. The lowest BCUT2D eigenvalue weighted by Gasteiger charge is -1.76. The Kier molecular flexibility index (Phi) is 3.29. The molecule has 24 valence electrons. The SMILES string of the molecule is [B]NCC#C. The van der Waals surface area contributed by atoms with Gasteiger partial charge < -0.3 is 5.23 Å². The van der Waals surface area contributed by atoms with Gasteiger partial charge in [-0.05, 0) is 0 Å². The molecular weight excluding hydrogens is 60.9 g/mol. The van der Waals surface area contributed by atoms with Crippen molar-refractivity contribution in [3.05, 3.63) is 0 Å². The van der Waals surface area contributed by atoms with E-state index in [2.05, 4.69) is 11.1 Å². The number of hydrogen-bond donors (Lipinski definition) is 1. The zero-order chi connectivity index (χ0) is 4.12. The van der Waals surface area contributed by atoms with E-state index in [0.717, 1.165) is 0 Å². The van der Waals surface area contributed by atoms with Crippen LogP contribution < -0.4 is 5.23 Å². The molecule has 0 saturated heterocycles. The monoisotopic (exact) mass is 65.0 g/mol. The lowest BCUT2D eigenvalue weighted by molar-refractivity contribution is 1.14.